The van der Waals surface area contributed by atoms with Gasteiger partial charge in [-0.15, -0.1) is 0 Å². The topological polar surface area (TPSA) is 95.6 Å². The maximum atomic E-state index is 10.9. The minimum Gasteiger partial charge on any atom is -0.504 e. The van der Waals surface area contributed by atoms with Crippen LogP contribution >= 0.6 is 11.8 Å². The van der Waals surface area contributed by atoms with E-state index in [1.165, 1.54) is 12.1 Å². The Morgan fingerprint density at radius 2 is 2.13 bits per heavy atom. The second kappa shape index (κ2) is 4.86. The Morgan fingerprint density at radius 1 is 1.47 bits per heavy atom. The molecule has 6 heteroatoms. The SMILES string of the molecule is NC(=O)[C@H](Cc1ccc(O)c(O)c1)NCl. The molecule has 0 heterocycles. The summed E-state index contributed by atoms with van der Waals surface area (Å²) in [5.74, 6) is -1.05. The van der Waals surface area contributed by atoms with Gasteiger partial charge in [0.05, 0.1) is 0 Å². The van der Waals surface area contributed by atoms with Gasteiger partial charge in [0.25, 0.3) is 0 Å². The van der Waals surface area contributed by atoms with Crippen LogP contribution in [0.2, 0.25) is 0 Å². The van der Waals surface area contributed by atoms with E-state index in [1.807, 2.05) is 0 Å². The van der Waals surface area contributed by atoms with E-state index in [-0.39, 0.29) is 17.9 Å². The summed E-state index contributed by atoms with van der Waals surface area (Å²) in [6, 6.07) is 3.53. The van der Waals surface area contributed by atoms with Gasteiger partial charge in [0.1, 0.15) is 6.04 Å². The number of aromatic hydroxyl groups is 2. The van der Waals surface area contributed by atoms with Gasteiger partial charge in [-0.1, -0.05) is 6.07 Å². The number of benzene rings is 1. The van der Waals surface area contributed by atoms with Gasteiger partial charge in [0.2, 0.25) is 5.91 Å². The number of carbonyl (C=O) groups excluding carboxylic acids is 1. The van der Waals surface area contributed by atoms with Gasteiger partial charge < -0.3 is 15.9 Å². The molecule has 82 valence electrons. The summed E-state index contributed by atoms with van der Waals surface area (Å²) in [5.41, 5.74) is 5.71. The van der Waals surface area contributed by atoms with Gasteiger partial charge in [-0.3, -0.25) is 4.79 Å². The number of rotatable bonds is 4. The van der Waals surface area contributed by atoms with Crippen LogP contribution in [0.3, 0.4) is 0 Å². The van der Waals surface area contributed by atoms with Crippen molar-refractivity contribution in [2.75, 3.05) is 0 Å². The molecular formula is C9H11ClN2O3. The van der Waals surface area contributed by atoms with Crippen molar-refractivity contribution in [3.05, 3.63) is 23.8 Å². The number of carbonyl (C=O) groups is 1. The second-order valence-electron chi connectivity index (χ2n) is 3.09. The summed E-state index contributed by atoms with van der Waals surface area (Å²) < 4.78 is 0. The average Bonchev–Trinajstić information content (AvgIpc) is 2.19. The van der Waals surface area contributed by atoms with Crippen molar-refractivity contribution < 1.29 is 15.0 Å². The molecule has 1 rings (SSSR count). The fraction of sp³-hybridized carbons (Fsp3) is 0.222. The number of nitrogens with two attached hydrogens (primary N) is 1. The molecule has 0 aliphatic heterocycles. The van der Waals surface area contributed by atoms with Crippen LogP contribution in [0, 0.1) is 0 Å². The van der Waals surface area contributed by atoms with Crippen molar-refractivity contribution in [2.24, 2.45) is 5.73 Å². The Kier molecular flexibility index (Phi) is 3.76. The number of amides is 1. The first-order valence-electron chi connectivity index (χ1n) is 4.21. The van der Waals surface area contributed by atoms with E-state index in [0.29, 0.717) is 5.56 Å². The van der Waals surface area contributed by atoms with Crippen molar-refractivity contribution in [1.82, 2.24) is 4.84 Å². The molecule has 0 saturated heterocycles. The van der Waals surface area contributed by atoms with Crippen LogP contribution in [0.25, 0.3) is 0 Å². The van der Waals surface area contributed by atoms with E-state index in [0.717, 1.165) is 0 Å². The van der Waals surface area contributed by atoms with Crippen LogP contribution in [0.4, 0.5) is 0 Å². The lowest BCUT2D eigenvalue weighted by Gasteiger charge is -2.10. The molecule has 0 aliphatic rings. The third-order valence-electron chi connectivity index (χ3n) is 1.95. The Labute approximate surface area is 91.6 Å². The number of primary amides is 1. The molecule has 15 heavy (non-hydrogen) atoms. The monoisotopic (exact) mass is 230 g/mol. The second-order valence-corrected chi connectivity index (χ2v) is 3.31. The first kappa shape index (κ1) is 11.6. The average molecular weight is 231 g/mol. The maximum Gasteiger partial charge on any atom is 0.236 e. The summed E-state index contributed by atoms with van der Waals surface area (Å²) in [6.45, 7) is 0. The van der Waals surface area contributed by atoms with E-state index < -0.39 is 11.9 Å². The summed E-state index contributed by atoms with van der Waals surface area (Å²) in [5, 5.41) is 18.3. The molecule has 0 saturated carbocycles. The normalized spacial score (nSPS) is 12.3. The van der Waals surface area contributed by atoms with Crippen molar-refractivity contribution in [2.45, 2.75) is 12.5 Å². The predicted octanol–water partition coefficient (Wildman–Crippen LogP) is 0.238. The van der Waals surface area contributed by atoms with Crippen LogP contribution in [0.1, 0.15) is 5.56 Å². The van der Waals surface area contributed by atoms with Crippen LogP contribution in [-0.2, 0) is 11.2 Å². The zero-order valence-electron chi connectivity index (χ0n) is 7.77. The van der Waals surface area contributed by atoms with Crippen LogP contribution in [-0.4, -0.2) is 22.2 Å². The highest BCUT2D eigenvalue weighted by atomic mass is 35.5. The minimum absolute atomic E-state index is 0.215. The van der Waals surface area contributed by atoms with E-state index in [4.69, 9.17) is 22.6 Å². The zero-order valence-corrected chi connectivity index (χ0v) is 8.53. The van der Waals surface area contributed by atoms with Crippen molar-refractivity contribution in [1.29, 1.82) is 0 Å². The van der Waals surface area contributed by atoms with Crippen LogP contribution in [0.5, 0.6) is 11.5 Å². The number of phenolic OH excluding ortho intramolecular Hbond substituents is 2. The number of halogens is 1. The van der Waals surface area contributed by atoms with Gasteiger partial charge in [-0.25, -0.2) is 4.84 Å². The molecule has 1 aromatic rings. The van der Waals surface area contributed by atoms with Crippen molar-refractivity contribution >= 4 is 17.7 Å². The Balaban J connectivity index is 2.80. The molecule has 0 spiro atoms. The molecule has 1 atom stereocenters. The van der Waals surface area contributed by atoms with Gasteiger partial charge in [0.15, 0.2) is 11.5 Å². The van der Waals surface area contributed by atoms with Crippen LogP contribution < -0.4 is 10.6 Å². The minimum atomic E-state index is -0.712. The standard InChI is InChI=1S/C9H11ClN2O3/c10-12-6(9(11)15)3-5-1-2-7(13)8(14)4-5/h1-2,4,6,12-14H,3H2,(H2,11,15)/t6-/m0/s1. The molecule has 5 nitrogen and oxygen atoms in total. The van der Waals surface area contributed by atoms with E-state index >= 15 is 0 Å². The quantitative estimate of drug-likeness (QED) is 0.440. The molecule has 0 fully saturated rings. The van der Waals surface area contributed by atoms with Crippen molar-refractivity contribution in [3.8, 4) is 11.5 Å². The van der Waals surface area contributed by atoms with E-state index in [9.17, 15) is 9.90 Å². The summed E-state index contributed by atoms with van der Waals surface area (Å²) in [7, 11) is 0. The molecule has 5 N–H and O–H groups in total. The lowest BCUT2D eigenvalue weighted by molar-refractivity contribution is -0.119. The first-order valence-corrected chi connectivity index (χ1v) is 4.58. The smallest absolute Gasteiger partial charge is 0.236 e. The zero-order chi connectivity index (χ0) is 11.4. The Morgan fingerprint density at radius 3 is 2.60 bits per heavy atom. The Hall–Kier alpha value is -1.46. The molecular weight excluding hydrogens is 220 g/mol. The fourth-order valence-electron chi connectivity index (χ4n) is 1.12. The summed E-state index contributed by atoms with van der Waals surface area (Å²) in [6.07, 6.45) is 0.243. The fourth-order valence-corrected chi connectivity index (χ4v) is 1.31. The summed E-state index contributed by atoms with van der Waals surface area (Å²) >= 11 is 5.32. The third kappa shape index (κ3) is 3.00. The molecule has 0 aromatic heterocycles. The molecule has 0 radical (unpaired) electrons. The molecule has 1 aromatic carbocycles. The Bertz CT molecular complexity index is 370. The van der Waals surface area contributed by atoms with Crippen molar-refractivity contribution in [3.63, 3.8) is 0 Å². The number of hydrogen-bond donors (Lipinski definition) is 4. The third-order valence-corrected chi connectivity index (χ3v) is 2.22. The number of nitrogens with one attached hydrogen (secondary N) is 1. The first-order chi connectivity index (χ1) is 7.04. The highest BCUT2D eigenvalue weighted by Gasteiger charge is 2.14. The molecule has 0 unspecified atom stereocenters. The lowest BCUT2D eigenvalue weighted by Crippen LogP contribution is -2.38. The van der Waals surface area contributed by atoms with E-state index in [1.54, 1.807) is 6.07 Å². The number of phenols is 2. The van der Waals surface area contributed by atoms with E-state index in [2.05, 4.69) is 4.84 Å². The number of hydrogen-bond acceptors (Lipinski definition) is 4. The summed E-state index contributed by atoms with van der Waals surface area (Å²) in [4.78, 5) is 13.1. The molecule has 1 amide bonds. The van der Waals surface area contributed by atoms with Gasteiger partial charge in [-0.2, -0.15) is 0 Å². The molecule has 0 aliphatic carbocycles. The van der Waals surface area contributed by atoms with Gasteiger partial charge in [-0.05, 0) is 35.9 Å². The lowest BCUT2D eigenvalue weighted by atomic mass is 10.1. The highest BCUT2D eigenvalue weighted by Crippen LogP contribution is 2.25. The van der Waals surface area contributed by atoms with Crippen LogP contribution in [0.15, 0.2) is 18.2 Å². The highest BCUT2D eigenvalue weighted by molar-refractivity contribution is 6.15. The molecule has 0 bridgehead atoms. The van der Waals surface area contributed by atoms with Gasteiger partial charge >= 0.3 is 0 Å². The van der Waals surface area contributed by atoms with Gasteiger partial charge in [0, 0.05) is 0 Å². The predicted molar refractivity (Wildman–Crippen MR) is 55.4 cm³/mol. The maximum absolute atomic E-state index is 10.9. The largest absolute Gasteiger partial charge is 0.504 e.